The number of rotatable bonds is 5. The first-order valence-corrected chi connectivity index (χ1v) is 11.2. The molecule has 6 nitrogen and oxygen atoms in total. The number of fused-ring (bicyclic) bond motifs is 1. The second-order valence-electron chi connectivity index (χ2n) is 8.62. The smallest absolute Gasteiger partial charge is 0.373 e. The summed E-state index contributed by atoms with van der Waals surface area (Å²) < 4.78 is 44.2. The number of aliphatic imine (C=N–C) groups is 1. The van der Waals surface area contributed by atoms with E-state index in [1.54, 1.807) is 0 Å². The number of hydrogen-bond donors (Lipinski definition) is 1. The number of morpholine rings is 1. The van der Waals surface area contributed by atoms with Crippen LogP contribution in [0.1, 0.15) is 18.9 Å². The number of halogens is 4. The van der Waals surface area contributed by atoms with Crippen LogP contribution in [0.2, 0.25) is 0 Å². The molecule has 3 aliphatic rings. The third-order valence-electron chi connectivity index (χ3n) is 6.26. The van der Waals surface area contributed by atoms with Crippen molar-refractivity contribution in [2.45, 2.75) is 44.3 Å². The minimum Gasteiger partial charge on any atom is -0.373 e. The predicted molar refractivity (Wildman–Crippen MR) is 129 cm³/mol. The maximum atomic E-state index is 12.7. The summed E-state index contributed by atoms with van der Waals surface area (Å²) >= 11 is 0. The Morgan fingerprint density at radius 2 is 1.94 bits per heavy atom. The maximum Gasteiger partial charge on any atom is 0.401 e. The van der Waals surface area contributed by atoms with Crippen LogP contribution in [0.4, 0.5) is 13.2 Å². The van der Waals surface area contributed by atoms with Gasteiger partial charge in [0.05, 0.1) is 25.3 Å². The van der Waals surface area contributed by atoms with Crippen molar-refractivity contribution in [1.29, 1.82) is 0 Å². The van der Waals surface area contributed by atoms with Crippen molar-refractivity contribution in [2.75, 3.05) is 52.4 Å². The topological polar surface area (TPSA) is 43.3 Å². The van der Waals surface area contributed by atoms with Crippen molar-refractivity contribution < 1.29 is 17.9 Å². The van der Waals surface area contributed by atoms with Crippen LogP contribution < -0.4 is 5.32 Å². The second-order valence-corrected chi connectivity index (χ2v) is 8.62. The van der Waals surface area contributed by atoms with Crippen molar-refractivity contribution in [2.24, 2.45) is 4.99 Å². The molecular formula is C22H33F3IN5O. The molecule has 3 atom stereocenters. The highest BCUT2D eigenvalue weighted by atomic mass is 127. The third-order valence-corrected chi connectivity index (χ3v) is 6.26. The summed E-state index contributed by atoms with van der Waals surface area (Å²) in [7, 11) is 0. The fourth-order valence-electron chi connectivity index (χ4n) is 4.86. The van der Waals surface area contributed by atoms with Crippen LogP contribution in [0.3, 0.4) is 0 Å². The number of hydrogen-bond acceptors (Lipinski definition) is 4. The zero-order valence-corrected chi connectivity index (χ0v) is 20.8. The molecule has 0 amide bonds. The molecule has 3 fully saturated rings. The van der Waals surface area contributed by atoms with Crippen LogP contribution in [0.15, 0.2) is 35.3 Å². The van der Waals surface area contributed by atoms with E-state index in [9.17, 15) is 13.2 Å². The average molecular weight is 567 g/mol. The highest BCUT2D eigenvalue weighted by Crippen LogP contribution is 2.25. The van der Waals surface area contributed by atoms with Gasteiger partial charge < -0.3 is 15.0 Å². The van der Waals surface area contributed by atoms with Crippen molar-refractivity contribution in [3.63, 3.8) is 0 Å². The molecule has 4 rings (SSSR count). The molecule has 3 aliphatic heterocycles. The molecule has 10 heteroatoms. The Kier molecular flexibility index (Phi) is 9.05. The summed E-state index contributed by atoms with van der Waals surface area (Å²) in [6.07, 6.45) is -3.35. The van der Waals surface area contributed by atoms with Gasteiger partial charge in [0.1, 0.15) is 0 Å². The zero-order chi connectivity index (χ0) is 21.8. The largest absolute Gasteiger partial charge is 0.401 e. The number of alkyl halides is 3. The number of likely N-dealkylation sites (tertiary alicyclic amines) is 2. The number of ether oxygens (including phenoxy) is 1. The van der Waals surface area contributed by atoms with Gasteiger partial charge in [-0.3, -0.25) is 14.8 Å². The molecule has 0 spiro atoms. The van der Waals surface area contributed by atoms with Gasteiger partial charge in [0, 0.05) is 51.9 Å². The van der Waals surface area contributed by atoms with Gasteiger partial charge in [0.2, 0.25) is 0 Å². The van der Waals surface area contributed by atoms with Crippen LogP contribution in [0, 0.1) is 0 Å². The zero-order valence-electron chi connectivity index (χ0n) is 18.4. The lowest BCUT2D eigenvalue weighted by molar-refractivity contribution is -0.143. The Balaban J connectivity index is 0.00000289. The molecule has 1 aromatic rings. The molecule has 0 radical (unpaired) electrons. The van der Waals surface area contributed by atoms with Crippen LogP contribution in [-0.4, -0.2) is 97.4 Å². The Labute approximate surface area is 205 Å². The van der Waals surface area contributed by atoms with E-state index in [0.717, 1.165) is 32.1 Å². The van der Waals surface area contributed by atoms with Gasteiger partial charge in [-0.15, -0.1) is 24.0 Å². The fourth-order valence-corrected chi connectivity index (χ4v) is 4.86. The molecule has 1 aromatic carbocycles. The normalized spacial score (nSPS) is 27.3. The Morgan fingerprint density at radius 1 is 1.16 bits per heavy atom. The standard InChI is InChI=1S/C22H32F3N5O.HI/c1-2-26-21(27-18-8-9-28(13-18)16-22(23,24)25)30-14-19-20(15-30)31-11-10-29(19)12-17-6-4-3-5-7-17;/h3-7,18-20H,2,8-16H2,1H3,(H,26,27);1H. The summed E-state index contributed by atoms with van der Waals surface area (Å²) in [5.41, 5.74) is 1.29. The first kappa shape index (κ1) is 25.5. The van der Waals surface area contributed by atoms with Gasteiger partial charge in [-0.1, -0.05) is 30.3 Å². The van der Waals surface area contributed by atoms with Crippen molar-refractivity contribution in [3.8, 4) is 0 Å². The van der Waals surface area contributed by atoms with Gasteiger partial charge >= 0.3 is 6.18 Å². The maximum absolute atomic E-state index is 12.7. The van der Waals surface area contributed by atoms with E-state index in [-0.39, 0.29) is 42.2 Å². The molecule has 0 aromatic heterocycles. The summed E-state index contributed by atoms with van der Waals surface area (Å²) in [6, 6.07) is 10.7. The monoisotopic (exact) mass is 567 g/mol. The number of nitrogens with zero attached hydrogens (tertiary/aromatic N) is 4. The van der Waals surface area contributed by atoms with E-state index >= 15 is 0 Å². The van der Waals surface area contributed by atoms with Crippen LogP contribution in [0.25, 0.3) is 0 Å². The summed E-state index contributed by atoms with van der Waals surface area (Å²) in [6.45, 7) is 6.66. The van der Waals surface area contributed by atoms with Crippen molar-refractivity contribution in [3.05, 3.63) is 35.9 Å². The summed E-state index contributed by atoms with van der Waals surface area (Å²) in [5, 5.41) is 3.44. The first-order chi connectivity index (χ1) is 14.9. The molecule has 3 heterocycles. The van der Waals surface area contributed by atoms with Gasteiger partial charge in [-0.05, 0) is 18.9 Å². The molecular weight excluding hydrogens is 534 g/mol. The van der Waals surface area contributed by atoms with Gasteiger partial charge in [-0.2, -0.15) is 13.2 Å². The lowest BCUT2D eigenvalue weighted by Gasteiger charge is -2.36. The lowest BCUT2D eigenvalue weighted by Crippen LogP contribution is -2.50. The minimum atomic E-state index is -4.15. The van der Waals surface area contributed by atoms with E-state index in [1.807, 2.05) is 13.0 Å². The highest BCUT2D eigenvalue weighted by Gasteiger charge is 2.42. The molecule has 0 aliphatic carbocycles. The van der Waals surface area contributed by atoms with Gasteiger partial charge in [-0.25, -0.2) is 0 Å². The average Bonchev–Trinajstić information content (AvgIpc) is 3.34. The minimum absolute atomic E-state index is 0. The molecule has 180 valence electrons. The van der Waals surface area contributed by atoms with Crippen LogP contribution in [0.5, 0.6) is 0 Å². The van der Waals surface area contributed by atoms with Crippen LogP contribution >= 0.6 is 24.0 Å². The second kappa shape index (κ2) is 11.3. The van der Waals surface area contributed by atoms with Gasteiger partial charge in [0.15, 0.2) is 5.96 Å². The molecule has 1 N–H and O–H groups in total. The quantitative estimate of drug-likeness (QED) is 0.337. The van der Waals surface area contributed by atoms with Crippen molar-refractivity contribution >= 4 is 29.9 Å². The molecule has 3 unspecified atom stereocenters. The van der Waals surface area contributed by atoms with Gasteiger partial charge in [0.25, 0.3) is 0 Å². The Hall–Kier alpha value is -1.11. The summed E-state index contributed by atoms with van der Waals surface area (Å²) in [4.78, 5) is 10.8. The number of guanidine groups is 1. The fraction of sp³-hybridized carbons (Fsp3) is 0.682. The number of benzene rings is 1. The lowest BCUT2D eigenvalue weighted by atomic mass is 10.1. The van der Waals surface area contributed by atoms with E-state index in [4.69, 9.17) is 4.74 Å². The Bertz CT molecular complexity index is 751. The molecule has 0 bridgehead atoms. The van der Waals surface area contributed by atoms with Crippen molar-refractivity contribution in [1.82, 2.24) is 20.0 Å². The highest BCUT2D eigenvalue weighted by molar-refractivity contribution is 14.0. The molecule has 3 saturated heterocycles. The number of nitrogens with one attached hydrogen (secondary N) is 1. The van der Waals surface area contributed by atoms with E-state index in [1.165, 1.54) is 10.5 Å². The summed E-state index contributed by atoms with van der Waals surface area (Å²) in [5.74, 6) is 0.791. The van der Waals surface area contributed by atoms with E-state index < -0.39 is 12.7 Å². The first-order valence-electron chi connectivity index (χ1n) is 11.2. The molecule has 32 heavy (non-hydrogen) atoms. The SMILES string of the molecule is CCN=C(NC1CCN(CC(F)(F)F)C1)N1CC2OCCN(Cc3ccccc3)C2C1.I. The molecule has 0 saturated carbocycles. The Morgan fingerprint density at radius 3 is 2.66 bits per heavy atom. The van der Waals surface area contributed by atoms with E-state index in [2.05, 4.69) is 44.4 Å². The predicted octanol–water partition coefficient (Wildman–Crippen LogP) is 2.79. The van der Waals surface area contributed by atoms with Crippen LogP contribution in [-0.2, 0) is 11.3 Å². The van der Waals surface area contributed by atoms with E-state index in [0.29, 0.717) is 32.7 Å². The third kappa shape index (κ3) is 6.71.